The Morgan fingerprint density at radius 1 is 0.923 bits per heavy atom. The van der Waals surface area contributed by atoms with Crippen molar-refractivity contribution in [1.82, 2.24) is 20.3 Å². The summed E-state index contributed by atoms with van der Waals surface area (Å²) < 4.78 is 7.01. The highest BCUT2D eigenvalue weighted by Gasteiger charge is 2.33. The zero-order valence-electron chi connectivity index (χ0n) is 21.8. The van der Waals surface area contributed by atoms with Gasteiger partial charge in [0.25, 0.3) is 0 Å². The van der Waals surface area contributed by atoms with Gasteiger partial charge in [-0.05, 0) is 54.4 Å². The molecule has 0 aliphatic carbocycles. The van der Waals surface area contributed by atoms with Crippen LogP contribution in [0.5, 0.6) is 5.75 Å². The Morgan fingerprint density at radius 3 is 2.44 bits per heavy atom. The van der Waals surface area contributed by atoms with Gasteiger partial charge in [0.2, 0.25) is 11.8 Å². The number of amides is 2. The van der Waals surface area contributed by atoms with Crippen molar-refractivity contribution in [3.05, 3.63) is 120 Å². The van der Waals surface area contributed by atoms with Crippen molar-refractivity contribution in [2.45, 2.75) is 26.1 Å². The third kappa shape index (κ3) is 5.80. The summed E-state index contributed by atoms with van der Waals surface area (Å²) >= 11 is 0. The molecule has 0 spiro atoms. The van der Waals surface area contributed by atoms with Crippen molar-refractivity contribution in [2.75, 3.05) is 12.0 Å². The van der Waals surface area contributed by atoms with E-state index in [0.29, 0.717) is 29.1 Å². The molecule has 8 nitrogen and oxygen atoms in total. The number of nitrogens with zero attached hydrogens (tertiary/aromatic N) is 4. The molecule has 0 saturated heterocycles. The van der Waals surface area contributed by atoms with Crippen LogP contribution in [0, 0.1) is 6.92 Å². The third-order valence-electron chi connectivity index (χ3n) is 6.51. The first-order chi connectivity index (χ1) is 19.0. The molecule has 1 aromatic heterocycles. The summed E-state index contributed by atoms with van der Waals surface area (Å²) in [4.78, 5) is 29.6. The number of carbonyl (C=O) groups excluding carboxylic acids is 2. The first-order valence-electron chi connectivity index (χ1n) is 12.7. The highest BCUT2D eigenvalue weighted by atomic mass is 16.5. The Kier molecular flexibility index (Phi) is 7.63. The molecule has 2 amide bonds. The fourth-order valence-electron chi connectivity index (χ4n) is 4.49. The fraction of sp³-hybridized carbons (Fsp3) is 0.161. The van der Waals surface area contributed by atoms with Gasteiger partial charge in [0, 0.05) is 12.2 Å². The zero-order valence-corrected chi connectivity index (χ0v) is 21.8. The minimum atomic E-state index is -0.964. The third-order valence-corrected chi connectivity index (χ3v) is 6.51. The summed E-state index contributed by atoms with van der Waals surface area (Å²) in [6.45, 7) is 2.20. The predicted octanol–water partition coefficient (Wildman–Crippen LogP) is 4.84. The van der Waals surface area contributed by atoms with Crippen LogP contribution < -0.4 is 15.0 Å². The Labute approximate surface area is 226 Å². The molecule has 1 N–H and O–H groups in total. The molecule has 8 heteroatoms. The first kappa shape index (κ1) is 25.7. The van der Waals surface area contributed by atoms with Crippen molar-refractivity contribution in [3.8, 4) is 5.75 Å². The quantitative estimate of drug-likeness (QED) is 0.301. The van der Waals surface area contributed by atoms with Crippen molar-refractivity contribution in [3.63, 3.8) is 0 Å². The SMILES string of the molecule is COc1cccc([C@@H](C(=O)NCc2ccccc2)N(C(=O)Cn2nnc3ccccc32)c2ccc(C)cc2)c1. The summed E-state index contributed by atoms with van der Waals surface area (Å²) in [5.74, 6) is -0.0337. The zero-order chi connectivity index (χ0) is 27.2. The molecule has 0 aliphatic rings. The van der Waals surface area contributed by atoms with Crippen LogP contribution >= 0.6 is 0 Å². The average Bonchev–Trinajstić information content (AvgIpc) is 3.38. The van der Waals surface area contributed by atoms with Gasteiger partial charge in [0.1, 0.15) is 23.9 Å². The van der Waals surface area contributed by atoms with Gasteiger partial charge < -0.3 is 10.1 Å². The lowest BCUT2D eigenvalue weighted by Crippen LogP contribution is -2.45. The van der Waals surface area contributed by atoms with E-state index < -0.39 is 6.04 Å². The molecular weight excluding hydrogens is 490 g/mol. The molecule has 39 heavy (non-hydrogen) atoms. The number of para-hydroxylation sites is 1. The van der Waals surface area contributed by atoms with E-state index in [0.717, 1.165) is 16.6 Å². The Hall–Kier alpha value is -4.98. The number of carbonyl (C=O) groups is 2. The van der Waals surface area contributed by atoms with Crippen molar-refractivity contribution < 1.29 is 14.3 Å². The van der Waals surface area contributed by atoms with Crippen molar-refractivity contribution >= 4 is 28.5 Å². The highest BCUT2D eigenvalue weighted by Crippen LogP contribution is 2.31. The summed E-state index contributed by atoms with van der Waals surface area (Å²) in [7, 11) is 1.57. The first-order valence-corrected chi connectivity index (χ1v) is 12.7. The van der Waals surface area contributed by atoms with E-state index in [1.54, 1.807) is 17.9 Å². The number of methoxy groups -OCH3 is 1. The second kappa shape index (κ2) is 11.6. The maximum atomic E-state index is 14.1. The number of fused-ring (bicyclic) bond motifs is 1. The van der Waals surface area contributed by atoms with E-state index in [4.69, 9.17) is 4.74 Å². The number of nitrogens with one attached hydrogen (secondary N) is 1. The molecule has 5 aromatic rings. The Morgan fingerprint density at radius 2 is 1.67 bits per heavy atom. The Bertz CT molecular complexity index is 1580. The van der Waals surface area contributed by atoms with Crippen LogP contribution in [0.2, 0.25) is 0 Å². The topological polar surface area (TPSA) is 89.4 Å². The smallest absolute Gasteiger partial charge is 0.249 e. The largest absolute Gasteiger partial charge is 0.497 e. The molecule has 0 aliphatic heterocycles. The molecule has 0 radical (unpaired) electrons. The lowest BCUT2D eigenvalue weighted by Gasteiger charge is -2.32. The molecule has 0 unspecified atom stereocenters. The minimum Gasteiger partial charge on any atom is -0.497 e. The van der Waals surface area contributed by atoms with Crippen LogP contribution in [-0.2, 0) is 22.7 Å². The second-order valence-corrected chi connectivity index (χ2v) is 9.22. The van der Waals surface area contributed by atoms with E-state index >= 15 is 0 Å². The molecule has 4 aromatic carbocycles. The number of rotatable bonds is 9. The maximum absolute atomic E-state index is 14.1. The number of hydrogen-bond donors (Lipinski definition) is 1. The summed E-state index contributed by atoms with van der Waals surface area (Å²) in [6, 6.07) is 30.9. The van der Waals surface area contributed by atoms with Crippen molar-refractivity contribution in [1.29, 1.82) is 0 Å². The fourth-order valence-corrected chi connectivity index (χ4v) is 4.49. The summed E-state index contributed by atoms with van der Waals surface area (Å²) in [5, 5.41) is 11.4. The van der Waals surface area contributed by atoms with Crippen LogP contribution in [0.3, 0.4) is 0 Å². The number of hydrogen-bond acceptors (Lipinski definition) is 5. The average molecular weight is 520 g/mol. The predicted molar refractivity (Wildman–Crippen MR) is 150 cm³/mol. The molecule has 1 atom stereocenters. The molecule has 0 saturated carbocycles. The monoisotopic (exact) mass is 519 g/mol. The van der Waals surface area contributed by atoms with Gasteiger partial charge in [-0.2, -0.15) is 0 Å². The molecule has 0 fully saturated rings. The van der Waals surface area contributed by atoms with E-state index in [1.165, 1.54) is 4.90 Å². The minimum absolute atomic E-state index is 0.0964. The van der Waals surface area contributed by atoms with E-state index in [-0.39, 0.29) is 18.4 Å². The molecular formula is C31H29N5O3. The lowest BCUT2D eigenvalue weighted by atomic mass is 10.0. The maximum Gasteiger partial charge on any atom is 0.249 e. The van der Waals surface area contributed by atoms with Crippen LogP contribution in [-0.4, -0.2) is 33.9 Å². The normalized spacial score (nSPS) is 11.6. The van der Waals surface area contributed by atoms with Crippen LogP contribution in [0.15, 0.2) is 103 Å². The van der Waals surface area contributed by atoms with Gasteiger partial charge in [-0.3, -0.25) is 14.5 Å². The number of benzene rings is 4. The van der Waals surface area contributed by atoms with E-state index in [9.17, 15) is 9.59 Å². The van der Waals surface area contributed by atoms with Crippen LogP contribution in [0.25, 0.3) is 11.0 Å². The number of aryl methyl sites for hydroxylation is 1. The highest BCUT2D eigenvalue weighted by molar-refractivity contribution is 6.01. The van der Waals surface area contributed by atoms with Gasteiger partial charge in [-0.15, -0.1) is 5.10 Å². The molecule has 5 rings (SSSR count). The Balaban J connectivity index is 1.56. The van der Waals surface area contributed by atoms with E-state index in [1.807, 2.05) is 104 Å². The van der Waals surface area contributed by atoms with Gasteiger partial charge in [0.05, 0.1) is 12.6 Å². The number of ether oxygens (including phenoxy) is 1. The van der Waals surface area contributed by atoms with Gasteiger partial charge in [0.15, 0.2) is 0 Å². The lowest BCUT2D eigenvalue weighted by molar-refractivity contribution is -0.127. The molecule has 0 bridgehead atoms. The van der Waals surface area contributed by atoms with Gasteiger partial charge in [-0.25, -0.2) is 4.68 Å². The second-order valence-electron chi connectivity index (χ2n) is 9.22. The van der Waals surface area contributed by atoms with Crippen LogP contribution in [0.1, 0.15) is 22.7 Å². The van der Waals surface area contributed by atoms with Gasteiger partial charge >= 0.3 is 0 Å². The number of anilines is 1. The summed E-state index contributed by atoms with van der Waals surface area (Å²) in [6.07, 6.45) is 0. The van der Waals surface area contributed by atoms with Gasteiger partial charge in [-0.1, -0.05) is 77.5 Å². The standard InChI is InChI=1S/C31H29N5O3/c1-22-15-17-25(18-16-22)36(29(37)21-35-28-14-7-6-13-27(28)33-34-35)30(24-11-8-12-26(19-24)39-2)31(38)32-20-23-9-4-3-5-10-23/h3-19,30H,20-21H2,1-2H3,(H,32,38)/t30-/m0/s1. The molecule has 196 valence electrons. The van der Waals surface area contributed by atoms with Crippen LogP contribution in [0.4, 0.5) is 5.69 Å². The molecule has 1 heterocycles. The summed E-state index contributed by atoms with van der Waals surface area (Å²) in [5.41, 5.74) is 4.64. The van der Waals surface area contributed by atoms with Crippen molar-refractivity contribution in [2.24, 2.45) is 0 Å². The van der Waals surface area contributed by atoms with E-state index in [2.05, 4.69) is 15.6 Å². The number of aromatic nitrogens is 3.